The molecule has 4 aromatic rings. The van der Waals surface area contributed by atoms with Gasteiger partial charge in [-0.3, -0.25) is 0 Å². The Morgan fingerprint density at radius 3 is 2.50 bits per heavy atom. The Morgan fingerprint density at radius 2 is 1.89 bits per heavy atom. The molecule has 0 unspecified atom stereocenters. The molecule has 0 amide bonds. The number of fused-ring (bicyclic) bond motifs is 1. The highest BCUT2D eigenvalue weighted by molar-refractivity contribution is 5.96. The van der Waals surface area contributed by atoms with Crippen LogP contribution in [0.2, 0.25) is 0 Å². The van der Waals surface area contributed by atoms with Crippen LogP contribution in [0.25, 0.3) is 33.7 Å². The third-order valence-corrected chi connectivity index (χ3v) is 5.05. The number of rotatable bonds is 4. The number of benzene rings is 1. The van der Waals surface area contributed by atoms with Crippen molar-refractivity contribution in [3.63, 3.8) is 0 Å². The number of anilines is 1. The van der Waals surface area contributed by atoms with Gasteiger partial charge in [0.25, 0.3) is 0 Å². The summed E-state index contributed by atoms with van der Waals surface area (Å²) in [5.41, 5.74) is 2.86. The number of carboxylic acid groups (broad SMARTS) is 1. The highest BCUT2D eigenvalue weighted by atomic mass is 19.4. The maximum atomic E-state index is 14.1. The molecular weight excluding hydrogens is 484 g/mol. The number of hydrogen-bond acceptors (Lipinski definition) is 7. The van der Waals surface area contributed by atoms with Crippen molar-refractivity contribution in [3.8, 4) is 22.8 Å². The predicted octanol–water partition coefficient (Wildman–Crippen LogP) is 5.54. The lowest BCUT2D eigenvalue weighted by atomic mass is 10.1. The molecule has 0 aliphatic heterocycles. The van der Waals surface area contributed by atoms with Crippen LogP contribution >= 0.6 is 0 Å². The molecule has 190 valence electrons. The minimum atomic E-state index is -5.08. The van der Waals surface area contributed by atoms with Gasteiger partial charge < -0.3 is 19.8 Å². The van der Waals surface area contributed by atoms with Crippen molar-refractivity contribution in [2.24, 2.45) is 0 Å². The number of hydrogen-bond donors (Lipinski definition) is 3. The molecule has 13 heteroatoms. The van der Waals surface area contributed by atoms with Gasteiger partial charge in [-0.1, -0.05) is 5.10 Å². The van der Waals surface area contributed by atoms with Gasteiger partial charge in [-0.2, -0.15) is 13.2 Å². The highest BCUT2D eigenvalue weighted by Gasteiger charge is 2.38. The van der Waals surface area contributed by atoms with Crippen LogP contribution in [0.5, 0.6) is 0 Å². The van der Waals surface area contributed by atoms with E-state index in [-0.39, 0.29) is 17.3 Å². The molecule has 1 aliphatic carbocycles. The van der Waals surface area contributed by atoms with Crippen molar-refractivity contribution in [1.82, 2.24) is 25.1 Å². The smallest absolute Gasteiger partial charge is 0.475 e. The standard InChI is InChI=1S/C21H21FN6O.C2HF3O2/c1-21(2,3)26-20-28-27-19(29-20)12-6-7-16-13(8-12)14(9-23-16)18-24-10-15(22)17(25-18)11-4-5-11;3-2(4,5)1(6)7/h6-11,23H,4-5H2,1-3H3,(H,26,28);(H,6,7). The quantitative estimate of drug-likeness (QED) is 0.308. The van der Waals surface area contributed by atoms with Crippen LogP contribution in [0.1, 0.15) is 45.2 Å². The Kier molecular flexibility index (Phi) is 6.41. The summed E-state index contributed by atoms with van der Waals surface area (Å²) in [5, 5.41) is 19.4. The molecule has 1 fully saturated rings. The number of aromatic amines is 1. The third-order valence-electron chi connectivity index (χ3n) is 5.05. The highest BCUT2D eigenvalue weighted by Crippen LogP contribution is 2.41. The van der Waals surface area contributed by atoms with E-state index in [1.54, 1.807) is 0 Å². The molecule has 1 saturated carbocycles. The maximum Gasteiger partial charge on any atom is 0.490 e. The summed E-state index contributed by atoms with van der Waals surface area (Å²) >= 11 is 0. The maximum absolute atomic E-state index is 14.1. The SMILES string of the molecule is CC(C)(C)Nc1nnc(-c2ccc3[nH]cc(-c4ncc(F)c(C5CC5)n4)c3c2)o1.O=C(O)C(F)(F)F. The first-order valence-corrected chi connectivity index (χ1v) is 10.9. The molecule has 36 heavy (non-hydrogen) atoms. The van der Waals surface area contributed by atoms with E-state index in [0.29, 0.717) is 23.4 Å². The fraction of sp³-hybridized carbons (Fsp3) is 0.348. The average molecular weight is 506 g/mol. The van der Waals surface area contributed by atoms with Crippen molar-refractivity contribution in [2.45, 2.75) is 51.2 Å². The minimum absolute atomic E-state index is 0.180. The Labute approximate surface area is 202 Å². The average Bonchev–Trinajstić information content (AvgIpc) is 3.38. The first-order valence-electron chi connectivity index (χ1n) is 10.9. The molecule has 1 aliphatic rings. The molecule has 0 saturated heterocycles. The molecule has 3 heterocycles. The van der Waals surface area contributed by atoms with Gasteiger partial charge >= 0.3 is 18.2 Å². The second-order valence-corrected chi connectivity index (χ2v) is 9.25. The Hall–Kier alpha value is -4.03. The first-order chi connectivity index (χ1) is 16.8. The number of aromatic nitrogens is 5. The van der Waals surface area contributed by atoms with E-state index < -0.39 is 12.1 Å². The molecule has 0 radical (unpaired) electrons. The van der Waals surface area contributed by atoms with Crippen molar-refractivity contribution >= 4 is 22.9 Å². The predicted molar refractivity (Wildman–Crippen MR) is 122 cm³/mol. The summed E-state index contributed by atoms with van der Waals surface area (Å²) in [6.45, 7) is 6.06. The van der Waals surface area contributed by atoms with Crippen molar-refractivity contribution in [1.29, 1.82) is 0 Å². The van der Waals surface area contributed by atoms with Gasteiger partial charge in [0.15, 0.2) is 11.6 Å². The summed E-state index contributed by atoms with van der Waals surface area (Å²) in [6, 6.07) is 6.19. The third kappa shape index (κ3) is 5.78. The molecule has 0 atom stereocenters. The Morgan fingerprint density at radius 1 is 1.19 bits per heavy atom. The van der Waals surface area contributed by atoms with Gasteiger partial charge in [-0.05, 0) is 51.8 Å². The van der Waals surface area contributed by atoms with Crippen LogP contribution in [0, 0.1) is 5.82 Å². The lowest BCUT2D eigenvalue weighted by Gasteiger charge is -2.17. The zero-order chi connectivity index (χ0) is 26.3. The molecule has 9 nitrogen and oxygen atoms in total. The van der Waals surface area contributed by atoms with Crippen LogP contribution < -0.4 is 5.32 Å². The molecule has 1 aromatic carbocycles. The fourth-order valence-corrected chi connectivity index (χ4v) is 3.30. The number of carbonyl (C=O) groups is 1. The molecule has 5 rings (SSSR count). The van der Waals surface area contributed by atoms with E-state index in [1.807, 2.05) is 45.2 Å². The molecule has 0 spiro atoms. The molecule has 3 aromatic heterocycles. The second-order valence-electron chi connectivity index (χ2n) is 9.25. The Bertz CT molecular complexity index is 1400. The topological polar surface area (TPSA) is 130 Å². The Balaban J connectivity index is 0.000000384. The van der Waals surface area contributed by atoms with Crippen LogP contribution in [0.15, 0.2) is 35.0 Å². The van der Waals surface area contributed by atoms with Gasteiger partial charge in [0.1, 0.15) is 0 Å². The zero-order valence-corrected chi connectivity index (χ0v) is 19.4. The van der Waals surface area contributed by atoms with Gasteiger partial charge in [0, 0.05) is 39.7 Å². The van der Waals surface area contributed by atoms with E-state index in [4.69, 9.17) is 14.3 Å². The molecule has 3 N–H and O–H groups in total. The van der Waals surface area contributed by atoms with Gasteiger partial charge in [-0.25, -0.2) is 19.2 Å². The van der Waals surface area contributed by atoms with Crippen molar-refractivity contribution in [3.05, 3.63) is 42.1 Å². The summed E-state index contributed by atoms with van der Waals surface area (Å²) in [7, 11) is 0. The number of carboxylic acids is 1. The second kappa shape index (κ2) is 9.21. The minimum Gasteiger partial charge on any atom is -0.475 e. The van der Waals surface area contributed by atoms with Crippen molar-refractivity contribution < 1.29 is 31.9 Å². The van der Waals surface area contributed by atoms with Crippen LogP contribution in [0.4, 0.5) is 23.6 Å². The van der Waals surface area contributed by atoms with E-state index in [1.165, 1.54) is 6.20 Å². The summed E-state index contributed by atoms with van der Waals surface area (Å²) in [5.74, 6) is -1.94. The van der Waals surface area contributed by atoms with E-state index in [9.17, 15) is 17.6 Å². The number of alkyl halides is 3. The molecule has 0 bridgehead atoms. The number of nitrogens with one attached hydrogen (secondary N) is 2. The van der Waals surface area contributed by atoms with Crippen LogP contribution in [-0.2, 0) is 4.79 Å². The van der Waals surface area contributed by atoms with Crippen LogP contribution in [-0.4, -0.2) is 47.9 Å². The lowest BCUT2D eigenvalue weighted by Crippen LogP contribution is -2.26. The zero-order valence-electron chi connectivity index (χ0n) is 19.4. The number of aliphatic carboxylic acids is 1. The van der Waals surface area contributed by atoms with Gasteiger partial charge in [-0.15, -0.1) is 5.10 Å². The lowest BCUT2D eigenvalue weighted by molar-refractivity contribution is -0.192. The monoisotopic (exact) mass is 506 g/mol. The normalized spacial score (nSPS) is 13.9. The summed E-state index contributed by atoms with van der Waals surface area (Å²) in [6.07, 6.45) is -0.0130. The number of halogens is 4. The first kappa shape index (κ1) is 25.1. The van der Waals surface area contributed by atoms with Gasteiger partial charge in [0.05, 0.1) is 11.9 Å². The number of H-pyrrole nitrogens is 1. The summed E-state index contributed by atoms with van der Waals surface area (Å²) < 4.78 is 51.6. The van der Waals surface area contributed by atoms with Crippen LogP contribution in [0.3, 0.4) is 0 Å². The summed E-state index contributed by atoms with van der Waals surface area (Å²) in [4.78, 5) is 20.9. The molecular formula is C23H22F4N6O3. The van der Waals surface area contributed by atoms with E-state index in [2.05, 4.69) is 30.5 Å². The number of nitrogens with zero attached hydrogens (tertiary/aromatic N) is 4. The van der Waals surface area contributed by atoms with E-state index >= 15 is 0 Å². The fourth-order valence-electron chi connectivity index (χ4n) is 3.30. The van der Waals surface area contributed by atoms with Gasteiger partial charge in [0.2, 0.25) is 5.89 Å². The van der Waals surface area contributed by atoms with Crippen molar-refractivity contribution in [2.75, 3.05) is 5.32 Å². The van der Waals surface area contributed by atoms with E-state index in [0.717, 1.165) is 34.9 Å². The largest absolute Gasteiger partial charge is 0.490 e.